The van der Waals surface area contributed by atoms with E-state index in [1.807, 2.05) is 0 Å². The molecule has 5 nitrogen and oxygen atoms in total. The smallest absolute Gasteiger partial charge is 0.104 e. The van der Waals surface area contributed by atoms with Crippen molar-refractivity contribution in [2.24, 2.45) is 0 Å². The Labute approximate surface area is 290 Å². The number of ether oxygens (including phenoxy) is 3. The third-order valence-corrected chi connectivity index (χ3v) is 7.78. The molecule has 0 aliphatic heterocycles. The Kier molecular flexibility index (Phi) is 38.9. The summed E-state index contributed by atoms with van der Waals surface area (Å²) in [5.41, 5.74) is 0. The highest BCUT2D eigenvalue weighted by Gasteiger charge is 2.16. The van der Waals surface area contributed by atoms with Crippen molar-refractivity contribution >= 4 is 0 Å². The van der Waals surface area contributed by atoms with Crippen LogP contribution in [0.4, 0.5) is 0 Å². The molecule has 2 unspecified atom stereocenters. The number of allylic oxidation sites excluding steroid dienone is 12. The number of aliphatic hydroxyl groups is 2. The van der Waals surface area contributed by atoms with E-state index in [1.165, 1.54) is 64.2 Å². The van der Waals surface area contributed by atoms with Crippen LogP contribution in [0, 0.1) is 0 Å². The van der Waals surface area contributed by atoms with Crippen molar-refractivity contribution in [3.8, 4) is 0 Å². The van der Waals surface area contributed by atoms with Crippen molar-refractivity contribution in [2.75, 3.05) is 39.6 Å². The number of aliphatic hydroxyl groups excluding tert-OH is 2. The summed E-state index contributed by atoms with van der Waals surface area (Å²) in [4.78, 5) is 0. The van der Waals surface area contributed by atoms with Crippen LogP contribution in [0.5, 0.6) is 0 Å². The second-order valence-electron chi connectivity index (χ2n) is 12.3. The van der Waals surface area contributed by atoms with Crippen molar-refractivity contribution < 1.29 is 24.4 Å². The third-order valence-electron chi connectivity index (χ3n) is 7.78. The third kappa shape index (κ3) is 36.9. The first-order valence-corrected chi connectivity index (χ1v) is 19.2. The number of unbranched alkanes of at least 4 members (excludes halogenated alkanes) is 12. The van der Waals surface area contributed by atoms with E-state index in [2.05, 4.69) is 86.8 Å². The molecule has 47 heavy (non-hydrogen) atoms. The zero-order valence-corrected chi connectivity index (χ0v) is 30.6. The molecule has 0 radical (unpaired) electrons. The van der Waals surface area contributed by atoms with Gasteiger partial charge in [-0.15, -0.1) is 0 Å². The standard InChI is InChI=1S/C42H74O5/c1-3-5-7-9-11-13-15-17-19-21-23-25-27-29-31-33-35-45-39-41(37-43)47-42(38-44)40-46-36-34-32-30-28-26-24-22-20-18-16-14-12-10-8-6-4-2/h5-8,11-14,17-20,41-44H,3-4,9-10,15-16,21-40H2,1-2H3. The predicted octanol–water partition coefficient (Wildman–Crippen LogP) is 10.9. The van der Waals surface area contributed by atoms with E-state index in [-0.39, 0.29) is 13.2 Å². The molecule has 0 amide bonds. The quantitative estimate of drug-likeness (QED) is 0.0518. The van der Waals surface area contributed by atoms with Gasteiger partial charge in [0, 0.05) is 13.2 Å². The summed E-state index contributed by atoms with van der Waals surface area (Å²) in [6, 6.07) is 0. The van der Waals surface area contributed by atoms with Gasteiger partial charge in [-0.2, -0.15) is 0 Å². The van der Waals surface area contributed by atoms with Crippen LogP contribution in [0.2, 0.25) is 0 Å². The molecule has 0 saturated heterocycles. The minimum atomic E-state index is -0.434. The molecule has 0 bridgehead atoms. The van der Waals surface area contributed by atoms with E-state index < -0.39 is 12.2 Å². The van der Waals surface area contributed by atoms with Crippen LogP contribution in [0.15, 0.2) is 72.9 Å². The summed E-state index contributed by atoms with van der Waals surface area (Å²) >= 11 is 0. The Hall–Kier alpha value is -1.76. The maximum Gasteiger partial charge on any atom is 0.104 e. The number of hydrogen-bond donors (Lipinski definition) is 2. The highest BCUT2D eigenvalue weighted by molar-refractivity contribution is 4.98. The molecular weight excluding hydrogens is 584 g/mol. The van der Waals surface area contributed by atoms with Gasteiger partial charge in [0.2, 0.25) is 0 Å². The van der Waals surface area contributed by atoms with Crippen LogP contribution in [0.25, 0.3) is 0 Å². The van der Waals surface area contributed by atoms with Gasteiger partial charge in [-0.1, -0.05) is 138 Å². The molecule has 0 aliphatic rings. The van der Waals surface area contributed by atoms with Gasteiger partial charge in [-0.3, -0.25) is 0 Å². The van der Waals surface area contributed by atoms with Gasteiger partial charge in [0.25, 0.3) is 0 Å². The first kappa shape index (κ1) is 45.2. The van der Waals surface area contributed by atoms with Crippen LogP contribution >= 0.6 is 0 Å². The highest BCUT2D eigenvalue weighted by Crippen LogP contribution is 2.10. The molecule has 0 aromatic rings. The second kappa shape index (κ2) is 40.4. The lowest BCUT2D eigenvalue weighted by atomic mass is 10.1. The van der Waals surface area contributed by atoms with Crippen LogP contribution < -0.4 is 0 Å². The lowest BCUT2D eigenvalue weighted by Crippen LogP contribution is -2.34. The normalized spacial score (nSPS) is 14.0. The van der Waals surface area contributed by atoms with Gasteiger partial charge in [0.1, 0.15) is 12.2 Å². The van der Waals surface area contributed by atoms with Gasteiger partial charge in [-0.25, -0.2) is 0 Å². The molecular formula is C42H74O5. The Morgan fingerprint density at radius 3 is 1.09 bits per heavy atom. The molecule has 0 fully saturated rings. The van der Waals surface area contributed by atoms with Crippen molar-refractivity contribution in [1.29, 1.82) is 0 Å². The zero-order chi connectivity index (χ0) is 34.1. The Balaban J connectivity index is 3.60. The van der Waals surface area contributed by atoms with Crippen LogP contribution in [0.3, 0.4) is 0 Å². The fourth-order valence-electron chi connectivity index (χ4n) is 4.97. The summed E-state index contributed by atoms with van der Waals surface area (Å²) in [5, 5.41) is 19.4. The highest BCUT2D eigenvalue weighted by atomic mass is 16.6. The zero-order valence-electron chi connectivity index (χ0n) is 30.6. The van der Waals surface area contributed by atoms with Gasteiger partial charge in [0.05, 0.1) is 26.4 Å². The van der Waals surface area contributed by atoms with Crippen LogP contribution in [-0.2, 0) is 14.2 Å². The monoisotopic (exact) mass is 659 g/mol. The lowest BCUT2D eigenvalue weighted by Gasteiger charge is -2.22. The number of hydrogen-bond acceptors (Lipinski definition) is 5. The molecule has 0 heterocycles. The van der Waals surface area contributed by atoms with Crippen molar-refractivity contribution in [1.82, 2.24) is 0 Å². The maximum absolute atomic E-state index is 9.70. The van der Waals surface area contributed by atoms with Crippen LogP contribution in [-0.4, -0.2) is 62.1 Å². The van der Waals surface area contributed by atoms with Crippen molar-refractivity contribution in [3.05, 3.63) is 72.9 Å². The van der Waals surface area contributed by atoms with E-state index in [0.29, 0.717) is 26.4 Å². The van der Waals surface area contributed by atoms with Gasteiger partial charge in [-0.05, 0) is 77.0 Å². The van der Waals surface area contributed by atoms with E-state index in [9.17, 15) is 10.2 Å². The average Bonchev–Trinajstić information content (AvgIpc) is 3.09. The van der Waals surface area contributed by atoms with E-state index >= 15 is 0 Å². The fraction of sp³-hybridized carbons (Fsp3) is 0.714. The Bertz CT molecular complexity index is 718. The van der Waals surface area contributed by atoms with Crippen LogP contribution in [0.1, 0.15) is 142 Å². The summed E-state index contributed by atoms with van der Waals surface area (Å²) in [7, 11) is 0. The minimum Gasteiger partial charge on any atom is -0.394 e. The van der Waals surface area contributed by atoms with Crippen molar-refractivity contribution in [3.63, 3.8) is 0 Å². The summed E-state index contributed by atoms with van der Waals surface area (Å²) in [5.74, 6) is 0. The molecule has 0 aliphatic carbocycles. The minimum absolute atomic E-state index is 0.124. The predicted molar refractivity (Wildman–Crippen MR) is 203 cm³/mol. The van der Waals surface area contributed by atoms with Gasteiger partial charge < -0.3 is 24.4 Å². The summed E-state index contributed by atoms with van der Waals surface area (Å²) in [6.45, 7) is 6.11. The lowest BCUT2D eigenvalue weighted by molar-refractivity contribution is -0.115. The summed E-state index contributed by atoms with van der Waals surface area (Å²) < 4.78 is 17.4. The first-order chi connectivity index (χ1) is 23.3. The van der Waals surface area contributed by atoms with Gasteiger partial charge in [0.15, 0.2) is 0 Å². The molecule has 0 rings (SSSR count). The largest absolute Gasteiger partial charge is 0.394 e. The molecule has 5 heteroatoms. The van der Waals surface area contributed by atoms with E-state index in [1.54, 1.807) is 0 Å². The Morgan fingerprint density at radius 2 is 0.723 bits per heavy atom. The maximum atomic E-state index is 9.70. The fourth-order valence-corrected chi connectivity index (χ4v) is 4.97. The molecule has 2 atom stereocenters. The topological polar surface area (TPSA) is 68.2 Å². The first-order valence-electron chi connectivity index (χ1n) is 19.2. The molecule has 0 spiro atoms. The number of rotatable bonds is 36. The second-order valence-corrected chi connectivity index (χ2v) is 12.3. The SMILES string of the molecule is CCC=CCC=CCC=CCCCCCCCCOCC(CO)OC(CO)COCCCCCCCCC=CCC=CCC=CCC. The van der Waals surface area contributed by atoms with Crippen molar-refractivity contribution in [2.45, 2.75) is 154 Å². The summed E-state index contributed by atoms with van der Waals surface area (Å²) in [6.07, 6.45) is 49.3. The molecule has 0 aromatic heterocycles. The molecule has 0 aromatic carbocycles. The van der Waals surface area contributed by atoms with Gasteiger partial charge >= 0.3 is 0 Å². The van der Waals surface area contributed by atoms with E-state index in [4.69, 9.17) is 14.2 Å². The van der Waals surface area contributed by atoms with E-state index in [0.717, 1.165) is 64.2 Å². The average molecular weight is 659 g/mol. The molecule has 2 N–H and O–H groups in total. The Morgan fingerprint density at radius 1 is 0.404 bits per heavy atom. The molecule has 272 valence electrons. The molecule has 0 saturated carbocycles.